The van der Waals surface area contributed by atoms with E-state index >= 15 is 0 Å². The zero-order valence-corrected chi connectivity index (χ0v) is 5.83. The fourth-order valence-electron chi connectivity index (χ4n) is 1.07. The molecule has 0 bridgehead atoms. The van der Waals surface area contributed by atoms with Crippen molar-refractivity contribution in [3.63, 3.8) is 0 Å². The first-order valence-corrected chi connectivity index (χ1v) is 3.13. The number of benzene rings is 1. The molecule has 0 radical (unpaired) electrons. The molecule has 0 aromatic heterocycles. The molecule has 1 heterocycles. The van der Waals surface area contributed by atoms with E-state index < -0.39 is 0 Å². The van der Waals surface area contributed by atoms with Crippen molar-refractivity contribution in [3.05, 3.63) is 35.4 Å². The molecule has 3 nitrogen and oxygen atoms in total. The molecular formula is C8H8O3. The molecule has 0 saturated carbocycles. The van der Waals surface area contributed by atoms with Crippen LogP contribution in [-0.2, 0) is 11.3 Å². The lowest BCUT2D eigenvalue weighted by atomic mass is 10.1. The van der Waals surface area contributed by atoms with Gasteiger partial charge in [-0.05, 0) is 6.07 Å². The van der Waals surface area contributed by atoms with E-state index in [1.54, 1.807) is 6.07 Å². The molecule has 1 aliphatic heterocycles. The van der Waals surface area contributed by atoms with Gasteiger partial charge < -0.3 is 10.2 Å². The van der Waals surface area contributed by atoms with Crippen LogP contribution in [0.15, 0.2) is 24.3 Å². The van der Waals surface area contributed by atoms with Crippen LogP contribution in [0.2, 0.25) is 0 Å². The summed E-state index contributed by atoms with van der Waals surface area (Å²) in [5.74, 6) is -0.199. The Labute approximate surface area is 63.9 Å². The van der Waals surface area contributed by atoms with Gasteiger partial charge in [0, 0.05) is 5.56 Å². The highest BCUT2D eigenvalue weighted by Gasteiger charge is 2.18. The Morgan fingerprint density at radius 2 is 2.00 bits per heavy atom. The van der Waals surface area contributed by atoms with Gasteiger partial charge in [0.2, 0.25) is 0 Å². The number of fused-ring (bicyclic) bond motifs is 1. The van der Waals surface area contributed by atoms with Gasteiger partial charge >= 0.3 is 5.97 Å². The van der Waals surface area contributed by atoms with Crippen molar-refractivity contribution in [1.82, 2.24) is 0 Å². The Hall–Kier alpha value is -1.35. The second-order valence-corrected chi connectivity index (χ2v) is 2.23. The Morgan fingerprint density at radius 1 is 1.27 bits per heavy atom. The number of cyclic esters (lactones) is 1. The Morgan fingerprint density at radius 3 is 2.73 bits per heavy atom. The van der Waals surface area contributed by atoms with Crippen molar-refractivity contribution >= 4 is 5.97 Å². The van der Waals surface area contributed by atoms with E-state index in [4.69, 9.17) is 4.74 Å². The zero-order valence-electron chi connectivity index (χ0n) is 5.83. The number of carbonyl (C=O) groups is 1. The largest absolute Gasteiger partial charge is 0.457 e. The van der Waals surface area contributed by atoms with Gasteiger partial charge in [-0.25, -0.2) is 4.79 Å². The molecule has 1 aromatic rings. The zero-order chi connectivity index (χ0) is 6.97. The average Bonchev–Trinajstić information content (AvgIpc) is 2.34. The van der Waals surface area contributed by atoms with Gasteiger partial charge in [0.25, 0.3) is 0 Å². The molecule has 3 heteroatoms. The fraction of sp³-hybridized carbons (Fsp3) is 0.125. The third-order valence-electron chi connectivity index (χ3n) is 1.60. The van der Waals surface area contributed by atoms with Crippen LogP contribution < -0.4 is 0 Å². The minimum absolute atomic E-state index is 0. The maximum atomic E-state index is 10.8. The summed E-state index contributed by atoms with van der Waals surface area (Å²) in [6, 6.07) is 7.43. The quantitative estimate of drug-likeness (QED) is 0.509. The number of hydrogen-bond donors (Lipinski definition) is 0. The molecule has 0 fully saturated rings. The summed E-state index contributed by atoms with van der Waals surface area (Å²) in [5.41, 5.74) is 1.70. The smallest absolute Gasteiger partial charge is 0.338 e. The highest BCUT2D eigenvalue weighted by atomic mass is 16.5. The minimum Gasteiger partial charge on any atom is -0.457 e. The molecule has 0 spiro atoms. The molecule has 0 saturated heterocycles. The molecule has 11 heavy (non-hydrogen) atoms. The van der Waals surface area contributed by atoms with Crippen molar-refractivity contribution in [3.8, 4) is 0 Å². The number of ether oxygens (including phenoxy) is 1. The summed E-state index contributed by atoms with van der Waals surface area (Å²) in [7, 11) is 0. The third-order valence-corrected chi connectivity index (χ3v) is 1.60. The van der Waals surface area contributed by atoms with E-state index in [2.05, 4.69) is 0 Å². The van der Waals surface area contributed by atoms with Gasteiger partial charge in [0.05, 0.1) is 5.56 Å². The molecule has 1 aromatic carbocycles. The molecule has 1 aliphatic rings. The van der Waals surface area contributed by atoms with Gasteiger partial charge in [0.1, 0.15) is 6.61 Å². The highest BCUT2D eigenvalue weighted by Crippen LogP contribution is 2.17. The summed E-state index contributed by atoms with van der Waals surface area (Å²) >= 11 is 0. The fourth-order valence-corrected chi connectivity index (χ4v) is 1.07. The van der Waals surface area contributed by atoms with E-state index in [1.165, 1.54) is 0 Å². The topological polar surface area (TPSA) is 57.8 Å². The molecule has 58 valence electrons. The first kappa shape index (κ1) is 7.75. The van der Waals surface area contributed by atoms with E-state index in [0.29, 0.717) is 12.2 Å². The van der Waals surface area contributed by atoms with Crippen molar-refractivity contribution in [2.75, 3.05) is 0 Å². The molecule has 0 amide bonds. The Kier molecular flexibility index (Phi) is 1.92. The van der Waals surface area contributed by atoms with Gasteiger partial charge in [0.15, 0.2) is 0 Å². The van der Waals surface area contributed by atoms with Gasteiger partial charge in [-0.15, -0.1) is 0 Å². The summed E-state index contributed by atoms with van der Waals surface area (Å²) in [6.45, 7) is 0.439. The van der Waals surface area contributed by atoms with Gasteiger partial charge in [-0.2, -0.15) is 0 Å². The van der Waals surface area contributed by atoms with Crippen molar-refractivity contribution < 1.29 is 15.0 Å². The summed E-state index contributed by atoms with van der Waals surface area (Å²) in [4.78, 5) is 10.8. The van der Waals surface area contributed by atoms with E-state index in [-0.39, 0.29) is 11.4 Å². The SMILES string of the molecule is O.O=C1OCc2ccccc21. The monoisotopic (exact) mass is 152 g/mol. The average molecular weight is 152 g/mol. The van der Waals surface area contributed by atoms with Gasteiger partial charge in [-0.3, -0.25) is 0 Å². The lowest BCUT2D eigenvalue weighted by Crippen LogP contribution is -1.91. The summed E-state index contributed by atoms with van der Waals surface area (Å²) in [5, 5.41) is 0. The molecule has 2 N–H and O–H groups in total. The Balaban J connectivity index is 0.000000605. The van der Waals surface area contributed by atoms with Crippen LogP contribution in [0, 0.1) is 0 Å². The first-order valence-electron chi connectivity index (χ1n) is 3.13. The van der Waals surface area contributed by atoms with Crippen LogP contribution in [0.25, 0.3) is 0 Å². The normalized spacial score (nSPS) is 13.3. The van der Waals surface area contributed by atoms with Gasteiger partial charge in [-0.1, -0.05) is 18.2 Å². The predicted octanol–water partition coefficient (Wildman–Crippen LogP) is 0.532. The van der Waals surface area contributed by atoms with Crippen LogP contribution in [0.5, 0.6) is 0 Å². The van der Waals surface area contributed by atoms with Crippen molar-refractivity contribution in [2.24, 2.45) is 0 Å². The number of carbonyl (C=O) groups excluding carboxylic acids is 1. The van der Waals surface area contributed by atoms with Crippen LogP contribution in [0.3, 0.4) is 0 Å². The first-order chi connectivity index (χ1) is 4.88. The maximum absolute atomic E-state index is 10.8. The van der Waals surface area contributed by atoms with E-state index in [9.17, 15) is 4.79 Å². The number of hydrogen-bond acceptors (Lipinski definition) is 2. The van der Waals surface area contributed by atoms with Crippen LogP contribution in [0.1, 0.15) is 15.9 Å². The van der Waals surface area contributed by atoms with Crippen LogP contribution in [0.4, 0.5) is 0 Å². The molecule has 2 rings (SSSR count). The third kappa shape index (κ3) is 1.10. The number of rotatable bonds is 0. The van der Waals surface area contributed by atoms with Crippen LogP contribution >= 0.6 is 0 Å². The number of esters is 1. The van der Waals surface area contributed by atoms with E-state index in [1.807, 2.05) is 18.2 Å². The molecule has 0 atom stereocenters. The Bertz CT molecular complexity index is 280. The second kappa shape index (κ2) is 2.72. The van der Waals surface area contributed by atoms with E-state index in [0.717, 1.165) is 5.56 Å². The van der Waals surface area contributed by atoms with Crippen LogP contribution in [-0.4, -0.2) is 11.4 Å². The lowest BCUT2D eigenvalue weighted by Gasteiger charge is -1.87. The van der Waals surface area contributed by atoms with Crippen molar-refractivity contribution in [1.29, 1.82) is 0 Å². The standard InChI is InChI=1S/C8H6O2.H2O/c9-8-7-4-2-1-3-6(7)5-10-8;/h1-4H,5H2;1H2. The lowest BCUT2D eigenvalue weighted by molar-refractivity contribution is 0.0535. The maximum Gasteiger partial charge on any atom is 0.338 e. The predicted molar refractivity (Wildman–Crippen MR) is 39.2 cm³/mol. The highest BCUT2D eigenvalue weighted by molar-refractivity contribution is 5.93. The molecule has 0 aliphatic carbocycles. The summed E-state index contributed by atoms with van der Waals surface area (Å²) < 4.78 is 4.78. The minimum atomic E-state index is -0.199. The summed E-state index contributed by atoms with van der Waals surface area (Å²) in [6.07, 6.45) is 0. The second-order valence-electron chi connectivity index (χ2n) is 2.23. The molecule has 0 unspecified atom stereocenters. The molecular weight excluding hydrogens is 144 g/mol. The van der Waals surface area contributed by atoms with Crippen molar-refractivity contribution in [2.45, 2.75) is 6.61 Å².